The quantitative estimate of drug-likeness (QED) is 0.803. The topological polar surface area (TPSA) is 34.9 Å². The average molecular weight is 234 g/mol. The number of aryl methyl sites for hydroxylation is 2. The zero-order valence-electron chi connectivity index (χ0n) is 10.9. The van der Waals surface area contributed by atoms with E-state index in [1.54, 1.807) is 0 Å². The van der Waals surface area contributed by atoms with Crippen molar-refractivity contribution in [1.82, 2.24) is 9.78 Å². The Bertz CT molecular complexity index is 389. The van der Waals surface area contributed by atoms with Gasteiger partial charge in [-0.25, -0.2) is 0 Å². The standard InChI is InChI=1S/C14H22N2O/c1-11-8-13(16(2)15-11)10-14(17)9-12-6-4-3-5-7-12/h8,12H,3-7,9-10H2,1-2H3. The van der Waals surface area contributed by atoms with Crippen molar-refractivity contribution in [2.45, 2.75) is 51.9 Å². The van der Waals surface area contributed by atoms with E-state index in [1.165, 1.54) is 32.1 Å². The van der Waals surface area contributed by atoms with Gasteiger partial charge in [-0.1, -0.05) is 32.1 Å². The Morgan fingerprint density at radius 2 is 2.12 bits per heavy atom. The summed E-state index contributed by atoms with van der Waals surface area (Å²) in [5, 5.41) is 4.28. The second kappa shape index (κ2) is 5.48. The molecule has 1 aliphatic carbocycles. The predicted octanol–water partition coefficient (Wildman–Crippen LogP) is 2.81. The first kappa shape index (κ1) is 12.3. The van der Waals surface area contributed by atoms with E-state index in [-0.39, 0.29) is 0 Å². The third kappa shape index (κ3) is 3.42. The molecule has 17 heavy (non-hydrogen) atoms. The summed E-state index contributed by atoms with van der Waals surface area (Å²) in [5.41, 5.74) is 2.04. The van der Waals surface area contributed by atoms with Crippen LogP contribution in [0, 0.1) is 12.8 Å². The number of hydrogen-bond acceptors (Lipinski definition) is 2. The van der Waals surface area contributed by atoms with Crippen LogP contribution in [0.5, 0.6) is 0 Å². The van der Waals surface area contributed by atoms with Crippen LogP contribution < -0.4 is 0 Å². The largest absolute Gasteiger partial charge is 0.299 e. The Balaban J connectivity index is 1.86. The molecular formula is C14H22N2O. The summed E-state index contributed by atoms with van der Waals surface area (Å²) < 4.78 is 1.83. The van der Waals surface area contributed by atoms with Gasteiger partial charge in [-0.3, -0.25) is 9.48 Å². The molecule has 0 bridgehead atoms. The molecule has 0 aliphatic heterocycles. The van der Waals surface area contributed by atoms with Gasteiger partial charge in [0.1, 0.15) is 5.78 Å². The lowest BCUT2D eigenvalue weighted by Crippen LogP contribution is -2.15. The van der Waals surface area contributed by atoms with Gasteiger partial charge in [0, 0.05) is 25.6 Å². The first-order chi connectivity index (χ1) is 8.15. The molecule has 0 radical (unpaired) electrons. The fraction of sp³-hybridized carbons (Fsp3) is 0.714. The van der Waals surface area contributed by atoms with Gasteiger partial charge in [-0.05, 0) is 18.9 Å². The Morgan fingerprint density at radius 3 is 2.71 bits per heavy atom. The second-order valence-corrected chi connectivity index (χ2v) is 5.32. The van der Waals surface area contributed by atoms with E-state index in [0.717, 1.165) is 17.8 Å². The molecule has 3 heteroatoms. The average Bonchev–Trinajstić information content (AvgIpc) is 2.58. The van der Waals surface area contributed by atoms with Crippen LogP contribution in [-0.4, -0.2) is 15.6 Å². The first-order valence-corrected chi connectivity index (χ1v) is 6.66. The first-order valence-electron chi connectivity index (χ1n) is 6.66. The van der Waals surface area contributed by atoms with Crippen LogP contribution in [0.15, 0.2) is 6.07 Å². The van der Waals surface area contributed by atoms with Crippen molar-refractivity contribution in [3.8, 4) is 0 Å². The fourth-order valence-corrected chi connectivity index (χ4v) is 2.82. The summed E-state index contributed by atoms with van der Waals surface area (Å²) >= 11 is 0. The van der Waals surface area contributed by atoms with Gasteiger partial charge >= 0.3 is 0 Å². The monoisotopic (exact) mass is 234 g/mol. The van der Waals surface area contributed by atoms with Crippen LogP contribution in [0.2, 0.25) is 0 Å². The number of aromatic nitrogens is 2. The van der Waals surface area contributed by atoms with Crippen molar-refractivity contribution in [1.29, 1.82) is 0 Å². The lowest BCUT2D eigenvalue weighted by Gasteiger charge is -2.20. The fourth-order valence-electron chi connectivity index (χ4n) is 2.82. The minimum Gasteiger partial charge on any atom is -0.299 e. The summed E-state index contributed by atoms with van der Waals surface area (Å²) in [5.74, 6) is 1.02. The third-order valence-electron chi connectivity index (χ3n) is 3.72. The number of nitrogens with zero attached hydrogens (tertiary/aromatic N) is 2. The Hall–Kier alpha value is -1.12. The Labute approximate surface area is 103 Å². The molecule has 1 aromatic heterocycles. The molecule has 0 N–H and O–H groups in total. The molecule has 0 atom stereocenters. The SMILES string of the molecule is Cc1cc(CC(=O)CC2CCCCC2)n(C)n1. The third-order valence-corrected chi connectivity index (χ3v) is 3.72. The summed E-state index contributed by atoms with van der Waals surface area (Å²) in [4.78, 5) is 12.0. The smallest absolute Gasteiger partial charge is 0.139 e. The second-order valence-electron chi connectivity index (χ2n) is 5.32. The predicted molar refractivity (Wildman–Crippen MR) is 67.8 cm³/mol. The number of carbonyl (C=O) groups is 1. The van der Waals surface area contributed by atoms with E-state index in [4.69, 9.17) is 0 Å². The summed E-state index contributed by atoms with van der Waals surface area (Å²) in [6.45, 7) is 1.97. The number of rotatable bonds is 4. The van der Waals surface area contributed by atoms with Crippen molar-refractivity contribution < 1.29 is 4.79 Å². The lowest BCUT2D eigenvalue weighted by molar-refractivity contribution is -0.119. The molecule has 1 heterocycles. The van der Waals surface area contributed by atoms with E-state index in [9.17, 15) is 4.79 Å². The van der Waals surface area contributed by atoms with Crippen molar-refractivity contribution in [3.05, 3.63) is 17.5 Å². The molecule has 3 nitrogen and oxygen atoms in total. The highest BCUT2D eigenvalue weighted by Gasteiger charge is 2.18. The maximum Gasteiger partial charge on any atom is 0.139 e. The van der Waals surface area contributed by atoms with Gasteiger partial charge in [-0.2, -0.15) is 5.10 Å². The highest BCUT2D eigenvalue weighted by molar-refractivity contribution is 5.80. The highest BCUT2D eigenvalue weighted by Crippen LogP contribution is 2.26. The number of Topliss-reactive ketones (excluding diaryl/α,β-unsaturated/α-hetero) is 1. The van der Waals surface area contributed by atoms with E-state index in [2.05, 4.69) is 5.10 Å². The van der Waals surface area contributed by atoms with E-state index in [0.29, 0.717) is 18.1 Å². The number of ketones is 1. The minimum atomic E-state index is 0.375. The van der Waals surface area contributed by atoms with Gasteiger partial charge in [0.2, 0.25) is 0 Å². The lowest BCUT2D eigenvalue weighted by atomic mass is 9.85. The van der Waals surface area contributed by atoms with Crippen LogP contribution in [0.25, 0.3) is 0 Å². The summed E-state index contributed by atoms with van der Waals surface area (Å²) in [6, 6.07) is 2.01. The molecular weight excluding hydrogens is 212 g/mol. The zero-order valence-corrected chi connectivity index (χ0v) is 10.9. The molecule has 0 amide bonds. The molecule has 0 unspecified atom stereocenters. The van der Waals surface area contributed by atoms with Crippen LogP contribution in [-0.2, 0) is 18.3 Å². The van der Waals surface area contributed by atoms with Crippen LogP contribution >= 0.6 is 0 Å². The summed E-state index contributed by atoms with van der Waals surface area (Å²) in [6.07, 6.45) is 7.78. The van der Waals surface area contributed by atoms with E-state index >= 15 is 0 Å². The van der Waals surface area contributed by atoms with Crippen molar-refractivity contribution in [2.24, 2.45) is 13.0 Å². The minimum absolute atomic E-state index is 0.375. The van der Waals surface area contributed by atoms with Gasteiger partial charge < -0.3 is 0 Å². The van der Waals surface area contributed by atoms with Gasteiger partial charge in [-0.15, -0.1) is 0 Å². The maximum absolute atomic E-state index is 12.0. The maximum atomic E-state index is 12.0. The number of carbonyl (C=O) groups excluding carboxylic acids is 1. The Kier molecular flexibility index (Phi) is 3.97. The van der Waals surface area contributed by atoms with Crippen molar-refractivity contribution in [2.75, 3.05) is 0 Å². The van der Waals surface area contributed by atoms with E-state index in [1.807, 2.05) is 24.7 Å². The van der Waals surface area contributed by atoms with Gasteiger partial charge in [0.15, 0.2) is 0 Å². The molecule has 1 fully saturated rings. The van der Waals surface area contributed by atoms with Crippen LogP contribution in [0.1, 0.15) is 49.9 Å². The molecule has 0 saturated heterocycles. The van der Waals surface area contributed by atoms with Crippen molar-refractivity contribution >= 4 is 5.78 Å². The van der Waals surface area contributed by atoms with Gasteiger partial charge in [0.05, 0.1) is 5.69 Å². The Morgan fingerprint density at radius 1 is 1.41 bits per heavy atom. The van der Waals surface area contributed by atoms with Crippen LogP contribution in [0.4, 0.5) is 0 Å². The van der Waals surface area contributed by atoms with Gasteiger partial charge in [0.25, 0.3) is 0 Å². The molecule has 0 spiro atoms. The molecule has 1 aliphatic rings. The molecule has 1 saturated carbocycles. The molecule has 0 aromatic carbocycles. The number of hydrogen-bond donors (Lipinski definition) is 0. The molecule has 2 rings (SSSR count). The normalized spacial score (nSPS) is 17.3. The summed E-state index contributed by atoms with van der Waals surface area (Å²) in [7, 11) is 1.91. The molecule has 1 aromatic rings. The zero-order chi connectivity index (χ0) is 12.3. The van der Waals surface area contributed by atoms with Crippen LogP contribution in [0.3, 0.4) is 0 Å². The molecule has 94 valence electrons. The van der Waals surface area contributed by atoms with Crippen molar-refractivity contribution in [3.63, 3.8) is 0 Å². The highest BCUT2D eigenvalue weighted by atomic mass is 16.1. The van der Waals surface area contributed by atoms with E-state index < -0.39 is 0 Å².